The first-order valence-corrected chi connectivity index (χ1v) is 10.7. The molecule has 0 spiro atoms. The number of carbonyl (C=O) groups excluding carboxylic acids is 1. The van der Waals surface area contributed by atoms with Gasteiger partial charge in [-0.2, -0.15) is 4.79 Å². The molecular formula is C22H34N2O2. The Labute approximate surface area is 157 Å². The van der Waals surface area contributed by atoms with Gasteiger partial charge in [0.05, 0.1) is 5.92 Å². The number of rotatable bonds is 2. The average molecular weight is 359 g/mol. The number of ketones is 1. The third-order valence-electron chi connectivity index (χ3n) is 9.53. The molecule has 1 unspecified atom stereocenters. The highest BCUT2D eigenvalue weighted by Crippen LogP contribution is 2.67. The normalized spacial score (nSPS) is 49.0. The molecule has 0 bridgehead atoms. The SMILES string of the molecule is C[C@@H](CO)C1CC[C@H]2[C@@H]3CC[C@H]4C(=[N+]=[N-])C(=O)CC[C@]4(C)[C@H]3CC[C@]12C. The van der Waals surface area contributed by atoms with Gasteiger partial charge >= 0.3 is 5.71 Å². The monoisotopic (exact) mass is 358 g/mol. The highest BCUT2D eigenvalue weighted by atomic mass is 16.3. The van der Waals surface area contributed by atoms with Crippen molar-refractivity contribution in [1.82, 2.24) is 0 Å². The van der Waals surface area contributed by atoms with E-state index in [1.54, 1.807) is 0 Å². The van der Waals surface area contributed by atoms with Crippen LogP contribution in [-0.2, 0) is 4.79 Å². The van der Waals surface area contributed by atoms with Crippen LogP contribution in [0, 0.1) is 46.3 Å². The first-order valence-electron chi connectivity index (χ1n) is 10.7. The lowest BCUT2D eigenvalue weighted by Crippen LogP contribution is -2.56. The second-order valence-corrected chi connectivity index (χ2v) is 10.3. The van der Waals surface area contributed by atoms with E-state index in [0.29, 0.717) is 41.9 Å². The maximum absolute atomic E-state index is 12.3. The third kappa shape index (κ3) is 2.34. The fourth-order valence-electron chi connectivity index (χ4n) is 8.20. The molecule has 4 nitrogen and oxygen atoms in total. The average Bonchev–Trinajstić information content (AvgIpc) is 2.99. The summed E-state index contributed by atoms with van der Waals surface area (Å²) in [5.74, 6) is 3.39. The first-order chi connectivity index (χ1) is 12.4. The van der Waals surface area contributed by atoms with E-state index in [9.17, 15) is 15.4 Å². The number of carbonyl (C=O) groups is 1. The van der Waals surface area contributed by atoms with Gasteiger partial charge in [-0.05, 0) is 85.4 Å². The van der Waals surface area contributed by atoms with Crippen LogP contribution in [-0.4, -0.2) is 28.0 Å². The van der Waals surface area contributed by atoms with Crippen LogP contribution in [0.25, 0.3) is 5.53 Å². The summed E-state index contributed by atoms with van der Waals surface area (Å²) in [6, 6.07) is 0. The molecule has 0 saturated heterocycles. The fourth-order valence-corrected chi connectivity index (χ4v) is 8.20. The van der Waals surface area contributed by atoms with E-state index in [4.69, 9.17) is 0 Å². The molecule has 1 N–H and O–H groups in total. The highest BCUT2D eigenvalue weighted by molar-refractivity contribution is 6.39. The lowest BCUT2D eigenvalue weighted by atomic mass is 9.44. The van der Waals surface area contributed by atoms with E-state index in [-0.39, 0.29) is 17.1 Å². The van der Waals surface area contributed by atoms with Crippen molar-refractivity contribution in [2.45, 2.75) is 72.1 Å². The van der Waals surface area contributed by atoms with E-state index in [1.165, 1.54) is 25.7 Å². The molecule has 0 heterocycles. The van der Waals surface area contributed by atoms with Crippen molar-refractivity contribution in [2.24, 2.45) is 46.3 Å². The summed E-state index contributed by atoms with van der Waals surface area (Å²) in [4.78, 5) is 15.7. The van der Waals surface area contributed by atoms with Crippen LogP contribution in [0.15, 0.2) is 0 Å². The first kappa shape index (κ1) is 18.4. The number of hydrogen-bond acceptors (Lipinski definition) is 2. The van der Waals surface area contributed by atoms with E-state index >= 15 is 0 Å². The van der Waals surface area contributed by atoms with Gasteiger partial charge in [0.1, 0.15) is 0 Å². The Hall–Kier alpha value is -0.990. The molecule has 4 heteroatoms. The zero-order chi connectivity index (χ0) is 18.7. The molecule has 0 radical (unpaired) electrons. The Morgan fingerprint density at radius 2 is 1.85 bits per heavy atom. The van der Waals surface area contributed by atoms with Crippen molar-refractivity contribution >= 4 is 11.5 Å². The Morgan fingerprint density at radius 3 is 2.54 bits per heavy atom. The molecule has 0 aromatic carbocycles. The summed E-state index contributed by atoms with van der Waals surface area (Å²) < 4.78 is 0. The van der Waals surface area contributed by atoms with Crippen molar-refractivity contribution in [3.05, 3.63) is 5.53 Å². The topological polar surface area (TPSA) is 73.7 Å². The second kappa shape index (κ2) is 6.27. The van der Waals surface area contributed by atoms with Gasteiger partial charge in [0.15, 0.2) is 0 Å². The lowest BCUT2D eigenvalue weighted by molar-refractivity contribution is -0.133. The quantitative estimate of drug-likeness (QED) is 0.595. The van der Waals surface area contributed by atoms with Gasteiger partial charge in [-0.1, -0.05) is 20.8 Å². The van der Waals surface area contributed by atoms with Crippen molar-refractivity contribution in [3.63, 3.8) is 0 Å². The number of Topliss-reactive ketones (excluding diaryl/α,β-unsaturated/α-hetero) is 1. The highest BCUT2D eigenvalue weighted by Gasteiger charge is 2.63. The molecule has 0 aromatic heterocycles. The maximum Gasteiger partial charge on any atom is 0.337 e. The molecule has 0 amide bonds. The zero-order valence-electron chi connectivity index (χ0n) is 16.6. The van der Waals surface area contributed by atoms with Crippen molar-refractivity contribution in [1.29, 1.82) is 0 Å². The fraction of sp³-hybridized carbons (Fsp3) is 0.909. The van der Waals surface area contributed by atoms with Crippen LogP contribution in [0.5, 0.6) is 0 Å². The minimum Gasteiger partial charge on any atom is -0.396 e. The summed E-state index contributed by atoms with van der Waals surface area (Å²) in [5, 5.41) is 9.74. The summed E-state index contributed by atoms with van der Waals surface area (Å²) in [6.07, 6.45) is 8.69. The Morgan fingerprint density at radius 1 is 1.12 bits per heavy atom. The molecule has 4 aliphatic carbocycles. The summed E-state index contributed by atoms with van der Waals surface area (Å²) in [6.45, 7) is 7.40. The molecule has 4 rings (SSSR count). The predicted molar refractivity (Wildman–Crippen MR) is 100 cm³/mol. The second-order valence-electron chi connectivity index (χ2n) is 10.3. The van der Waals surface area contributed by atoms with Crippen LogP contribution < -0.4 is 0 Å². The number of hydrogen-bond donors (Lipinski definition) is 1. The molecule has 144 valence electrons. The molecule has 26 heavy (non-hydrogen) atoms. The van der Waals surface area contributed by atoms with Crippen molar-refractivity contribution < 1.29 is 14.7 Å². The Balaban J connectivity index is 1.64. The van der Waals surface area contributed by atoms with Gasteiger partial charge < -0.3 is 10.6 Å². The number of nitrogens with zero attached hydrogens (tertiary/aromatic N) is 2. The van der Waals surface area contributed by atoms with Gasteiger partial charge in [0.25, 0.3) is 0 Å². The number of aliphatic hydroxyl groups excluding tert-OH is 1. The molecule has 0 aromatic rings. The van der Waals surface area contributed by atoms with E-state index in [1.807, 2.05) is 0 Å². The van der Waals surface area contributed by atoms with Crippen LogP contribution in [0.3, 0.4) is 0 Å². The minimum atomic E-state index is 0.0618. The Kier molecular flexibility index (Phi) is 4.44. The van der Waals surface area contributed by atoms with Gasteiger partial charge in [-0.3, -0.25) is 4.79 Å². The molecule has 4 saturated carbocycles. The summed E-state index contributed by atoms with van der Waals surface area (Å²) in [7, 11) is 0. The van der Waals surface area contributed by atoms with Gasteiger partial charge in [-0.25, -0.2) is 0 Å². The van der Waals surface area contributed by atoms with Gasteiger partial charge in [0.2, 0.25) is 5.78 Å². The Bertz CT molecular complexity index is 655. The van der Waals surface area contributed by atoms with Gasteiger partial charge in [-0.15, -0.1) is 0 Å². The maximum atomic E-state index is 12.3. The molecule has 4 aliphatic rings. The molecule has 8 atom stereocenters. The van der Waals surface area contributed by atoms with Crippen LogP contribution >= 0.6 is 0 Å². The van der Waals surface area contributed by atoms with Crippen LogP contribution in [0.1, 0.15) is 72.1 Å². The standard InChI is InChI=1S/C22H34N2O2/c1-13(12-25)15-6-7-16-14-4-5-18-20(24-23)19(26)9-11-22(18,3)17(14)8-10-21(15,16)2/h13-18,25H,4-12H2,1-3H3/t13-,14-,15?,16-,17-,18-,21+,22+/m0/s1. The van der Waals surface area contributed by atoms with Crippen LogP contribution in [0.4, 0.5) is 0 Å². The van der Waals surface area contributed by atoms with Crippen molar-refractivity contribution in [3.8, 4) is 0 Å². The van der Waals surface area contributed by atoms with Gasteiger partial charge in [0, 0.05) is 13.0 Å². The van der Waals surface area contributed by atoms with E-state index in [0.717, 1.165) is 31.1 Å². The predicted octanol–water partition coefficient (Wildman–Crippen LogP) is 4.12. The van der Waals surface area contributed by atoms with Crippen molar-refractivity contribution in [2.75, 3.05) is 6.61 Å². The third-order valence-corrected chi connectivity index (χ3v) is 9.53. The minimum absolute atomic E-state index is 0.0618. The zero-order valence-corrected chi connectivity index (χ0v) is 16.6. The lowest BCUT2D eigenvalue weighted by Gasteiger charge is -2.59. The molecule has 4 fully saturated rings. The number of aliphatic hydroxyl groups is 1. The van der Waals surface area contributed by atoms with Crippen LogP contribution in [0.2, 0.25) is 0 Å². The smallest absolute Gasteiger partial charge is 0.337 e. The largest absolute Gasteiger partial charge is 0.396 e. The van der Waals surface area contributed by atoms with E-state index in [2.05, 4.69) is 25.6 Å². The summed E-state index contributed by atoms with van der Waals surface area (Å²) >= 11 is 0. The van der Waals surface area contributed by atoms with E-state index < -0.39 is 0 Å². The molecule has 0 aliphatic heterocycles. The molecular weight excluding hydrogens is 324 g/mol. The summed E-state index contributed by atoms with van der Waals surface area (Å²) in [5.41, 5.74) is 10.4. The number of fused-ring (bicyclic) bond motifs is 5.